The van der Waals surface area contributed by atoms with Crippen molar-refractivity contribution in [1.82, 2.24) is 4.90 Å². The number of hydrogen-bond acceptors (Lipinski definition) is 3. The van der Waals surface area contributed by atoms with Crippen LogP contribution in [-0.2, 0) is 11.3 Å². The molecule has 0 aromatic heterocycles. The summed E-state index contributed by atoms with van der Waals surface area (Å²) in [6.07, 6.45) is 0.911. The molecule has 116 valence electrons. The van der Waals surface area contributed by atoms with Crippen molar-refractivity contribution < 1.29 is 14.6 Å². The quantitative estimate of drug-likeness (QED) is 0.906. The maximum Gasteiger partial charge on any atom is 0.307 e. The Balaban J connectivity index is 2.08. The minimum absolute atomic E-state index is 0.137. The smallest absolute Gasteiger partial charge is 0.307 e. The molecule has 1 saturated heterocycles. The Kier molecular flexibility index (Phi) is 5.23. The Labute approximate surface area is 126 Å². The lowest BCUT2D eigenvalue weighted by atomic mass is 9.90. The molecule has 1 heterocycles. The van der Waals surface area contributed by atoms with Crippen LogP contribution in [0.25, 0.3) is 0 Å². The zero-order valence-corrected chi connectivity index (χ0v) is 13.1. The van der Waals surface area contributed by atoms with Crippen LogP contribution in [0, 0.1) is 11.8 Å². The fourth-order valence-corrected chi connectivity index (χ4v) is 3.01. The van der Waals surface area contributed by atoms with E-state index in [1.165, 1.54) is 0 Å². The zero-order chi connectivity index (χ0) is 15.4. The number of carboxylic acids is 1. The third-order valence-corrected chi connectivity index (χ3v) is 3.81. The van der Waals surface area contributed by atoms with Gasteiger partial charge in [0.25, 0.3) is 0 Å². The van der Waals surface area contributed by atoms with Crippen LogP contribution in [-0.4, -0.2) is 35.2 Å². The summed E-state index contributed by atoms with van der Waals surface area (Å²) >= 11 is 0. The zero-order valence-electron chi connectivity index (χ0n) is 13.1. The Morgan fingerprint density at radius 2 is 2.10 bits per heavy atom. The molecular formula is C17H25NO3. The first-order valence-corrected chi connectivity index (χ1v) is 7.65. The standard InChI is InChI=1S/C17H25NO3/c1-12(2)21-16-7-5-4-6-14(16)10-18-9-13(3)8-15(11-18)17(19)20/h4-7,12-13,15H,8-11H2,1-3H3,(H,19,20). The summed E-state index contributed by atoms with van der Waals surface area (Å²) in [5.74, 6) is 0.376. The van der Waals surface area contributed by atoms with Crippen LogP contribution in [0.1, 0.15) is 32.8 Å². The lowest BCUT2D eigenvalue weighted by Gasteiger charge is -2.35. The van der Waals surface area contributed by atoms with Crippen molar-refractivity contribution in [2.75, 3.05) is 13.1 Å². The average molecular weight is 291 g/mol. The van der Waals surface area contributed by atoms with E-state index in [4.69, 9.17) is 4.74 Å². The van der Waals surface area contributed by atoms with E-state index in [1.54, 1.807) is 0 Å². The predicted octanol–water partition coefficient (Wildman–Crippen LogP) is 3.02. The highest BCUT2D eigenvalue weighted by Gasteiger charge is 2.29. The molecule has 4 heteroatoms. The number of hydrogen-bond donors (Lipinski definition) is 1. The molecule has 2 rings (SSSR count). The van der Waals surface area contributed by atoms with Crippen LogP contribution in [0.4, 0.5) is 0 Å². The maximum absolute atomic E-state index is 11.3. The van der Waals surface area contributed by atoms with Crippen molar-refractivity contribution in [3.63, 3.8) is 0 Å². The minimum Gasteiger partial charge on any atom is -0.491 e. The van der Waals surface area contributed by atoms with Gasteiger partial charge in [-0.15, -0.1) is 0 Å². The van der Waals surface area contributed by atoms with Gasteiger partial charge in [0.2, 0.25) is 0 Å². The van der Waals surface area contributed by atoms with Gasteiger partial charge < -0.3 is 9.84 Å². The second-order valence-corrected chi connectivity index (χ2v) is 6.34. The number of para-hydroxylation sites is 1. The first-order chi connectivity index (χ1) is 9.95. The molecule has 21 heavy (non-hydrogen) atoms. The number of rotatable bonds is 5. The molecule has 0 amide bonds. The molecule has 0 spiro atoms. The van der Waals surface area contributed by atoms with Crippen LogP contribution in [0.15, 0.2) is 24.3 Å². The maximum atomic E-state index is 11.3. The van der Waals surface area contributed by atoms with Crippen LogP contribution < -0.4 is 4.74 Å². The van der Waals surface area contributed by atoms with E-state index in [2.05, 4.69) is 17.9 Å². The Morgan fingerprint density at radius 1 is 1.38 bits per heavy atom. The number of carbonyl (C=O) groups is 1. The van der Waals surface area contributed by atoms with Gasteiger partial charge in [0, 0.05) is 25.2 Å². The van der Waals surface area contributed by atoms with Crippen molar-refractivity contribution in [3.8, 4) is 5.75 Å². The molecule has 1 aromatic rings. The summed E-state index contributed by atoms with van der Waals surface area (Å²) in [4.78, 5) is 13.5. The number of carboxylic acid groups (broad SMARTS) is 1. The van der Waals surface area contributed by atoms with E-state index in [9.17, 15) is 9.90 Å². The summed E-state index contributed by atoms with van der Waals surface area (Å²) in [5.41, 5.74) is 1.13. The third kappa shape index (κ3) is 4.46. The van der Waals surface area contributed by atoms with Crippen molar-refractivity contribution in [2.24, 2.45) is 11.8 Å². The lowest BCUT2D eigenvalue weighted by Crippen LogP contribution is -2.42. The van der Waals surface area contributed by atoms with Gasteiger partial charge in [0.1, 0.15) is 5.75 Å². The van der Waals surface area contributed by atoms with E-state index < -0.39 is 5.97 Å². The number of piperidine rings is 1. The average Bonchev–Trinajstić information content (AvgIpc) is 2.39. The number of likely N-dealkylation sites (tertiary alicyclic amines) is 1. The molecule has 0 radical (unpaired) electrons. The predicted molar refractivity (Wildman–Crippen MR) is 82.4 cm³/mol. The summed E-state index contributed by atoms with van der Waals surface area (Å²) in [7, 11) is 0. The molecule has 4 nitrogen and oxygen atoms in total. The van der Waals surface area contributed by atoms with Crippen LogP contribution in [0.3, 0.4) is 0 Å². The highest BCUT2D eigenvalue weighted by atomic mass is 16.5. The summed E-state index contributed by atoms with van der Waals surface area (Å²) in [6, 6.07) is 8.02. The lowest BCUT2D eigenvalue weighted by molar-refractivity contribution is -0.144. The van der Waals surface area contributed by atoms with Gasteiger partial charge in [0.15, 0.2) is 0 Å². The van der Waals surface area contributed by atoms with Gasteiger partial charge in [-0.3, -0.25) is 9.69 Å². The molecule has 1 aliphatic heterocycles. The van der Waals surface area contributed by atoms with E-state index in [-0.39, 0.29) is 12.0 Å². The van der Waals surface area contributed by atoms with Crippen LogP contribution in [0.5, 0.6) is 5.75 Å². The molecule has 1 fully saturated rings. The fourth-order valence-electron chi connectivity index (χ4n) is 3.01. The number of aliphatic carboxylic acids is 1. The van der Waals surface area contributed by atoms with Gasteiger partial charge in [-0.2, -0.15) is 0 Å². The Hall–Kier alpha value is -1.55. The monoisotopic (exact) mass is 291 g/mol. The molecule has 2 unspecified atom stereocenters. The normalized spacial score (nSPS) is 23.2. The highest BCUT2D eigenvalue weighted by Crippen LogP contribution is 2.26. The van der Waals surface area contributed by atoms with Crippen molar-refractivity contribution in [3.05, 3.63) is 29.8 Å². The van der Waals surface area contributed by atoms with E-state index >= 15 is 0 Å². The van der Waals surface area contributed by atoms with Gasteiger partial charge in [-0.1, -0.05) is 25.1 Å². The van der Waals surface area contributed by atoms with Crippen LogP contribution >= 0.6 is 0 Å². The van der Waals surface area contributed by atoms with Crippen molar-refractivity contribution in [1.29, 1.82) is 0 Å². The topological polar surface area (TPSA) is 49.8 Å². The summed E-state index contributed by atoms with van der Waals surface area (Å²) < 4.78 is 5.85. The molecule has 0 saturated carbocycles. The molecule has 1 aromatic carbocycles. The second-order valence-electron chi connectivity index (χ2n) is 6.34. The number of nitrogens with zero attached hydrogens (tertiary/aromatic N) is 1. The Morgan fingerprint density at radius 3 is 2.76 bits per heavy atom. The number of ether oxygens (including phenoxy) is 1. The largest absolute Gasteiger partial charge is 0.491 e. The van der Waals surface area contributed by atoms with Crippen molar-refractivity contribution in [2.45, 2.75) is 39.8 Å². The molecule has 2 atom stereocenters. The number of benzene rings is 1. The molecule has 1 N–H and O–H groups in total. The van der Waals surface area contributed by atoms with Crippen molar-refractivity contribution >= 4 is 5.97 Å². The van der Waals surface area contributed by atoms with Gasteiger partial charge in [-0.05, 0) is 32.3 Å². The first kappa shape index (κ1) is 15.8. The van der Waals surface area contributed by atoms with Gasteiger partial charge in [0.05, 0.1) is 12.0 Å². The summed E-state index contributed by atoms with van der Waals surface area (Å²) in [6.45, 7) is 8.46. The fraction of sp³-hybridized carbons (Fsp3) is 0.588. The SMILES string of the molecule is CC1CC(C(=O)O)CN(Cc2ccccc2OC(C)C)C1. The highest BCUT2D eigenvalue weighted by molar-refractivity contribution is 5.70. The van der Waals surface area contributed by atoms with E-state index in [0.717, 1.165) is 30.8 Å². The molecule has 1 aliphatic rings. The molecule has 0 bridgehead atoms. The van der Waals surface area contributed by atoms with E-state index in [1.807, 2.05) is 32.0 Å². The summed E-state index contributed by atoms with van der Waals surface area (Å²) in [5, 5.41) is 9.26. The van der Waals surface area contributed by atoms with Gasteiger partial charge >= 0.3 is 5.97 Å². The van der Waals surface area contributed by atoms with E-state index in [0.29, 0.717) is 12.5 Å². The molecule has 0 aliphatic carbocycles. The Bertz CT molecular complexity index is 487. The first-order valence-electron chi connectivity index (χ1n) is 7.65. The third-order valence-electron chi connectivity index (χ3n) is 3.81. The van der Waals surface area contributed by atoms with Crippen LogP contribution in [0.2, 0.25) is 0 Å². The van der Waals surface area contributed by atoms with Gasteiger partial charge in [-0.25, -0.2) is 0 Å². The second kappa shape index (κ2) is 6.94. The minimum atomic E-state index is -0.682. The molecular weight excluding hydrogens is 266 g/mol.